The normalized spacial score (nSPS) is 31.6. The molecule has 0 aliphatic heterocycles. The van der Waals surface area contributed by atoms with Gasteiger partial charge in [-0.25, -0.2) is 0 Å². The Morgan fingerprint density at radius 2 is 1.50 bits per heavy atom. The van der Waals surface area contributed by atoms with Crippen LogP contribution in [0.2, 0.25) is 0 Å². The third-order valence-corrected chi connectivity index (χ3v) is 4.74. The number of nitrogens with one attached hydrogen (secondary N) is 1. The molecule has 0 heterocycles. The van der Waals surface area contributed by atoms with Crippen LogP contribution in [0.25, 0.3) is 0 Å². The van der Waals surface area contributed by atoms with Crippen LogP contribution in [0.5, 0.6) is 0 Å². The molecule has 3 aliphatic carbocycles. The second-order valence-corrected chi connectivity index (χ2v) is 6.19. The van der Waals surface area contributed by atoms with Gasteiger partial charge in [-0.05, 0) is 50.4 Å². The van der Waals surface area contributed by atoms with Gasteiger partial charge in [0.2, 0.25) is 5.91 Å². The van der Waals surface area contributed by atoms with Crippen molar-refractivity contribution in [3.63, 3.8) is 0 Å². The van der Waals surface area contributed by atoms with Gasteiger partial charge in [0.1, 0.15) is 0 Å². The summed E-state index contributed by atoms with van der Waals surface area (Å²) < 4.78 is 0. The van der Waals surface area contributed by atoms with Gasteiger partial charge in [0.05, 0.1) is 11.8 Å². The summed E-state index contributed by atoms with van der Waals surface area (Å²) in [6, 6.07) is 0.340. The Balaban J connectivity index is 1.61. The lowest BCUT2D eigenvalue weighted by Crippen LogP contribution is -2.43. The van der Waals surface area contributed by atoms with E-state index in [9.17, 15) is 9.59 Å². The number of carboxylic acids is 1. The Labute approximate surface area is 107 Å². The van der Waals surface area contributed by atoms with Crippen LogP contribution in [0.1, 0.15) is 44.9 Å². The summed E-state index contributed by atoms with van der Waals surface area (Å²) in [5, 5.41) is 12.3. The van der Waals surface area contributed by atoms with E-state index in [1.807, 2.05) is 0 Å². The van der Waals surface area contributed by atoms with Crippen molar-refractivity contribution in [3.05, 3.63) is 0 Å². The van der Waals surface area contributed by atoms with Gasteiger partial charge in [0.25, 0.3) is 0 Å². The minimum absolute atomic E-state index is 0.00343. The van der Waals surface area contributed by atoms with Gasteiger partial charge < -0.3 is 10.4 Å². The van der Waals surface area contributed by atoms with Crippen molar-refractivity contribution in [2.24, 2.45) is 23.7 Å². The summed E-state index contributed by atoms with van der Waals surface area (Å²) in [6.45, 7) is 0. The van der Waals surface area contributed by atoms with Gasteiger partial charge in [-0.1, -0.05) is 6.42 Å². The van der Waals surface area contributed by atoms with E-state index < -0.39 is 11.9 Å². The number of hydrogen-bond acceptors (Lipinski definition) is 2. The fourth-order valence-corrected chi connectivity index (χ4v) is 3.37. The summed E-state index contributed by atoms with van der Waals surface area (Å²) in [4.78, 5) is 23.4. The van der Waals surface area contributed by atoms with Gasteiger partial charge in [0, 0.05) is 6.04 Å². The Hall–Kier alpha value is -1.06. The van der Waals surface area contributed by atoms with E-state index in [4.69, 9.17) is 5.11 Å². The first kappa shape index (κ1) is 12.0. The second kappa shape index (κ2) is 4.56. The van der Waals surface area contributed by atoms with E-state index >= 15 is 0 Å². The van der Waals surface area contributed by atoms with Gasteiger partial charge in [-0.2, -0.15) is 0 Å². The molecule has 0 bridgehead atoms. The highest BCUT2D eigenvalue weighted by Gasteiger charge is 2.44. The first-order chi connectivity index (χ1) is 8.66. The van der Waals surface area contributed by atoms with Gasteiger partial charge in [-0.3, -0.25) is 9.59 Å². The molecule has 18 heavy (non-hydrogen) atoms. The maximum Gasteiger partial charge on any atom is 0.307 e. The minimum Gasteiger partial charge on any atom is -0.481 e. The molecule has 0 spiro atoms. The molecule has 1 amide bonds. The van der Waals surface area contributed by atoms with Crippen LogP contribution < -0.4 is 5.32 Å². The van der Waals surface area contributed by atoms with E-state index in [-0.39, 0.29) is 11.8 Å². The second-order valence-electron chi connectivity index (χ2n) is 6.19. The molecule has 3 saturated carbocycles. The lowest BCUT2D eigenvalue weighted by molar-refractivity contribution is -0.146. The smallest absolute Gasteiger partial charge is 0.307 e. The number of amides is 1. The van der Waals surface area contributed by atoms with Crippen molar-refractivity contribution in [3.8, 4) is 0 Å². The summed E-state index contributed by atoms with van der Waals surface area (Å²) in [5.41, 5.74) is 0. The average Bonchev–Trinajstić information content (AvgIpc) is 3.24. The van der Waals surface area contributed by atoms with Crippen LogP contribution in [0, 0.1) is 23.7 Å². The molecule has 0 saturated heterocycles. The molecule has 0 aromatic rings. The number of hydrogen-bond donors (Lipinski definition) is 2. The molecular formula is C14H21NO3. The Bertz CT molecular complexity index is 348. The lowest BCUT2D eigenvalue weighted by atomic mass is 9.94. The zero-order valence-corrected chi connectivity index (χ0v) is 10.6. The zero-order valence-electron chi connectivity index (χ0n) is 10.6. The fraction of sp³-hybridized carbons (Fsp3) is 0.857. The van der Waals surface area contributed by atoms with Crippen LogP contribution in [0.3, 0.4) is 0 Å². The van der Waals surface area contributed by atoms with Crippen molar-refractivity contribution in [2.45, 2.75) is 51.0 Å². The maximum atomic E-state index is 12.3. The predicted octanol–water partition coefficient (Wildman–Crippen LogP) is 1.79. The highest BCUT2D eigenvalue weighted by Crippen LogP contribution is 2.45. The van der Waals surface area contributed by atoms with E-state index in [1.165, 1.54) is 25.7 Å². The minimum atomic E-state index is -0.804. The van der Waals surface area contributed by atoms with E-state index in [0.29, 0.717) is 24.3 Å². The first-order valence-electron chi connectivity index (χ1n) is 7.20. The van der Waals surface area contributed by atoms with Crippen LogP contribution >= 0.6 is 0 Å². The Morgan fingerprint density at radius 1 is 0.944 bits per heavy atom. The quantitative estimate of drug-likeness (QED) is 0.783. The van der Waals surface area contributed by atoms with Crippen molar-refractivity contribution in [2.75, 3.05) is 0 Å². The third kappa shape index (κ3) is 2.38. The molecule has 2 N–H and O–H groups in total. The fourth-order valence-electron chi connectivity index (χ4n) is 3.37. The van der Waals surface area contributed by atoms with Crippen LogP contribution in [0.15, 0.2) is 0 Å². The molecular weight excluding hydrogens is 230 g/mol. The van der Waals surface area contributed by atoms with E-state index in [2.05, 4.69) is 5.32 Å². The Morgan fingerprint density at radius 3 is 2.00 bits per heavy atom. The van der Waals surface area contributed by atoms with Crippen molar-refractivity contribution < 1.29 is 14.7 Å². The molecule has 0 radical (unpaired) electrons. The number of carbonyl (C=O) groups is 2. The monoisotopic (exact) mass is 251 g/mol. The molecule has 0 aromatic carbocycles. The van der Waals surface area contributed by atoms with Crippen LogP contribution in [0.4, 0.5) is 0 Å². The molecule has 0 aromatic heterocycles. The maximum absolute atomic E-state index is 12.3. The standard InChI is InChI=1S/C14H21NO3/c16-13(10-2-1-3-11(10)14(17)18)15-12(8-4-5-8)9-6-7-9/h8-12H,1-7H2,(H,15,16)(H,17,18)/t10-,11+/m1/s1. The number of aliphatic carboxylic acids is 1. The SMILES string of the molecule is O=C(O)[C@H]1CCC[C@H]1C(=O)NC(C1CC1)C1CC1. The molecule has 0 unspecified atom stereocenters. The number of carbonyl (C=O) groups excluding carboxylic acids is 1. The average molecular weight is 251 g/mol. The Kier molecular flexibility index (Phi) is 3.04. The van der Waals surface area contributed by atoms with E-state index in [0.717, 1.165) is 12.8 Å². The van der Waals surface area contributed by atoms with Crippen molar-refractivity contribution >= 4 is 11.9 Å². The predicted molar refractivity (Wildman–Crippen MR) is 65.8 cm³/mol. The highest BCUT2D eigenvalue weighted by atomic mass is 16.4. The first-order valence-corrected chi connectivity index (χ1v) is 7.20. The van der Waals surface area contributed by atoms with Crippen LogP contribution in [-0.2, 0) is 9.59 Å². The molecule has 3 rings (SSSR count). The third-order valence-electron chi connectivity index (χ3n) is 4.74. The molecule has 4 heteroatoms. The van der Waals surface area contributed by atoms with Gasteiger partial charge in [-0.15, -0.1) is 0 Å². The topological polar surface area (TPSA) is 66.4 Å². The van der Waals surface area contributed by atoms with Gasteiger partial charge in [0.15, 0.2) is 0 Å². The van der Waals surface area contributed by atoms with Crippen molar-refractivity contribution in [1.29, 1.82) is 0 Å². The van der Waals surface area contributed by atoms with Crippen LogP contribution in [-0.4, -0.2) is 23.0 Å². The molecule has 3 fully saturated rings. The molecule has 4 nitrogen and oxygen atoms in total. The number of carboxylic acid groups (broad SMARTS) is 1. The molecule has 2 atom stereocenters. The van der Waals surface area contributed by atoms with Crippen molar-refractivity contribution in [1.82, 2.24) is 5.32 Å². The van der Waals surface area contributed by atoms with E-state index in [1.54, 1.807) is 0 Å². The summed E-state index contributed by atoms with van der Waals surface area (Å²) in [7, 11) is 0. The summed E-state index contributed by atoms with van der Waals surface area (Å²) in [5.74, 6) is -0.199. The highest BCUT2D eigenvalue weighted by molar-refractivity contribution is 5.85. The largest absolute Gasteiger partial charge is 0.481 e. The molecule has 3 aliphatic rings. The number of rotatable bonds is 5. The summed E-state index contributed by atoms with van der Waals surface area (Å²) in [6.07, 6.45) is 7.19. The van der Waals surface area contributed by atoms with Gasteiger partial charge >= 0.3 is 5.97 Å². The zero-order chi connectivity index (χ0) is 12.7. The molecule has 100 valence electrons. The lowest BCUT2D eigenvalue weighted by Gasteiger charge is -2.22. The summed E-state index contributed by atoms with van der Waals surface area (Å²) >= 11 is 0.